The number of aromatic nitrogens is 2. The van der Waals surface area contributed by atoms with Gasteiger partial charge in [0.1, 0.15) is 6.07 Å². The fraction of sp³-hybridized carbons (Fsp3) is 0.500. The summed E-state index contributed by atoms with van der Waals surface area (Å²) >= 11 is 0. The van der Waals surface area contributed by atoms with E-state index < -0.39 is 0 Å². The van der Waals surface area contributed by atoms with Crippen molar-refractivity contribution in [2.45, 2.75) is 25.8 Å². The molecule has 23 heavy (non-hydrogen) atoms. The highest BCUT2D eigenvalue weighted by Crippen LogP contribution is 2.32. The van der Waals surface area contributed by atoms with Gasteiger partial charge in [0, 0.05) is 37.6 Å². The summed E-state index contributed by atoms with van der Waals surface area (Å²) in [5, 5.41) is 18.9. The summed E-state index contributed by atoms with van der Waals surface area (Å²) in [6, 6.07) is 11.0. The number of nitrogens with zero attached hydrogens (tertiary/aromatic N) is 5. The van der Waals surface area contributed by atoms with Crippen LogP contribution >= 0.6 is 0 Å². The first-order chi connectivity index (χ1) is 11.3. The maximum atomic E-state index is 9.51. The molecule has 1 unspecified atom stereocenters. The van der Waals surface area contributed by atoms with Gasteiger partial charge in [-0.1, -0.05) is 25.1 Å². The zero-order valence-corrected chi connectivity index (χ0v) is 13.4. The van der Waals surface area contributed by atoms with E-state index in [9.17, 15) is 5.26 Å². The van der Waals surface area contributed by atoms with Crippen LogP contribution in [-0.4, -0.2) is 47.3 Å². The van der Waals surface area contributed by atoms with Crippen LogP contribution in [0.1, 0.15) is 25.5 Å². The molecule has 2 heterocycles. The predicted molar refractivity (Wildman–Crippen MR) is 90.2 cm³/mol. The lowest BCUT2D eigenvalue weighted by Crippen LogP contribution is -2.32. The second-order valence-electron chi connectivity index (χ2n) is 6.80. The van der Waals surface area contributed by atoms with Gasteiger partial charge >= 0.3 is 0 Å². The monoisotopic (exact) mass is 307 g/mol. The average Bonchev–Trinajstić information content (AvgIpc) is 3.41. The zero-order valence-electron chi connectivity index (χ0n) is 13.4. The molecule has 1 atom stereocenters. The summed E-state index contributed by atoms with van der Waals surface area (Å²) in [4.78, 5) is 4.97. The normalized spacial score (nSPS) is 22.8. The highest BCUT2D eigenvalue weighted by molar-refractivity contribution is 5.93. The second-order valence-corrected chi connectivity index (χ2v) is 6.80. The van der Waals surface area contributed by atoms with Gasteiger partial charge in [0.05, 0.1) is 11.2 Å². The molecule has 0 bridgehead atoms. The Morgan fingerprint density at radius 1 is 1.13 bits per heavy atom. The van der Waals surface area contributed by atoms with Crippen LogP contribution in [0.3, 0.4) is 0 Å². The Bertz CT molecular complexity index is 762. The fourth-order valence-corrected chi connectivity index (χ4v) is 3.68. The molecule has 1 aliphatic heterocycles. The molecule has 4 rings (SSSR count). The minimum atomic E-state index is 0.441. The van der Waals surface area contributed by atoms with Gasteiger partial charge in [0.15, 0.2) is 5.69 Å². The molecular formula is C18H21N5. The van der Waals surface area contributed by atoms with Gasteiger partial charge in [-0.15, -0.1) is 10.2 Å². The molecule has 2 fully saturated rings. The van der Waals surface area contributed by atoms with E-state index in [0.29, 0.717) is 11.6 Å². The molecule has 1 aromatic heterocycles. The third-order valence-corrected chi connectivity index (χ3v) is 4.86. The van der Waals surface area contributed by atoms with E-state index >= 15 is 0 Å². The lowest BCUT2D eigenvalue weighted by Gasteiger charge is -2.26. The van der Waals surface area contributed by atoms with Gasteiger partial charge in [-0.2, -0.15) is 5.26 Å². The Morgan fingerprint density at radius 2 is 1.96 bits per heavy atom. The van der Waals surface area contributed by atoms with Crippen LogP contribution in [0.4, 0.5) is 5.69 Å². The van der Waals surface area contributed by atoms with E-state index in [1.807, 2.05) is 18.2 Å². The van der Waals surface area contributed by atoms with Crippen molar-refractivity contribution in [2.24, 2.45) is 5.92 Å². The number of nitriles is 1. The van der Waals surface area contributed by atoms with Crippen molar-refractivity contribution in [1.82, 2.24) is 15.1 Å². The second kappa shape index (κ2) is 5.78. The van der Waals surface area contributed by atoms with Crippen LogP contribution in [0.25, 0.3) is 10.9 Å². The summed E-state index contributed by atoms with van der Waals surface area (Å²) in [5.41, 5.74) is 2.26. The van der Waals surface area contributed by atoms with E-state index in [0.717, 1.165) is 48.8 Å². The van der Waals surface area contributed by atoms with Gasteiger partial charge in [0.2, 0.25) is 0 Å². The molecule has 1 saturated heterocycles. The molecule has 0 amide bonds. The minimum absolute atomic E-state index is 0.441. The van der Waals surface area contributed by atoms with Crippen molar-refractivity contribution >= 4 is 16.6 Å². The van der Waals surface area contributed by atoms with Gasteiger partial charge in [-0.05, 0) is 24.8 Å². The summed E-state index contributed by atoms with van der Waals surface area (Å²) < 4.78 is 0. The molecule has 2 aromatic rings. The van der Waals surface area contributed by atoms with Crippen LogP contribution in [-0.2, 0) is 0 Å². The van der Waals surface area contributed by atoms with Gasteiger partial charge in [0.25, 0.3) is 0 Å². The molecule has 1 saturated carbocycles. The quantitative estimate of drug-likeness (QED) is 0.853. The largest absolute Gasteiger partial charge is 0.367 e. The van der Waals surface area contributed by atoms with Crippen LogP contribution < -0.4 is 4.90 Å². The first kappa shape index (κ1) is 14.4. The van der Waals surface area contributed by atoms with Crippen molar-refractivity contribution in [1.29, 1.82) is 5.26 Å². The van der Waals surface area contributed by atoms with Crippen LogP contribution in [0, 0.1) is 17.2 Å². The van der Waals surface area contributed by atoms with E-state index in [4.69, 9.17) is 0 Å². The van der Waals surface area contributed by atoms with E-state index in [-0.39, 0.29) is 0 Å². The summed E-state index contributed by atoms with van der Waals surface area (Å²) in [6.07, 6.45) is 2.69. The molecule has 0 radical (unpaired) electrons. The maximum absolute atomic E-state index is 9.51. The van der Waals surface area contributed by atoms with E-state index in [1.54, 1.807) is 0 Å². The molecule has 118 valence electrons. The van der Waals surface area contributed by atoms with Crippen molar-refractivity contribution in [2.75, 3.05) is 31.1 Å². The van der Waals surface area contributed by atoms with E-state index in [2.05, 4.69) is 39.1 Å². The molecular weight excluding hydrogens is 286 g/mol. The number of anilines is 1. The van der Waals surface area contributed by atoms with Crippen LogP contribution in [0.15, 0.2) is 24.3 Å². The Labute approximate surface area is 136 Å². The van der Waals surface area contributed by atoms with E-state index in [1.165, 1.54) is 12.8 Å². The zero-order chi connectivity index (χ0) is 15.8. The van der Waals surface area contributed by atoms with Crippen LogP contribution in [0.2, 0.25) is 0 Å². The lowest BCUT2D eigenvalue weighted by molar-refractivity contribution is 0.255. The Morgan fingerprint density at radius 3 is 2.74 bits per heavy atom. The van der Waals surface area contributed by atoms with Crippen LogP contribution in [0.5, 0.6) is 0 Å². The first-order valence-corrected chi connectivity index (χ1v) is 8.41. The molecule has 0 spiro atoms. The SMILES string of the molecule is CC1CN(c2c(C#N)nnc3ccccc23)CCN(C2CC2)C1. The topological polar surface area (TPSA) is 56.1 Å². The smallest absolute Gasteiger partial charge is 0.187 e. The molecule has 1 aromatic carbocycles. The Kier molecular flexibility index (Phi) is 3.62. The van der Waals surface area contributed by atoms with Gasteiger partial charge < -0.3 is 4.90 Å². The average molecular weight is 307 g/mol. The first-order valence-electron chi connectivity index (χ1n) is 8.41. The molecule has 0 N–H and O–H groups in total. The maximum Gasteiger partial charge on any atom is 0.187 e. The third-order valence-electron chi connectivity index (χ3n) is 4.86. The van der Waals surface area contributed by atoms with Gasteiger partial charge in [-0.3, -0.25) is 4.90 Å². The van der Waals surface area contributed by atoms with Crippen molar-refractivity contribution in [3.63, 3.8) is 0 Å². The number of rotatable bonds is 2. The number of hydrogen-bond donors (Lipinski definition) is 0. The molecule has 2 aliphatic rings. The summed E-state index contributed by atoms with van der Waals surface area (Å²) in [6.45, 7) is 6.44. The standard InChI is InChI=1S/C18H21N5/c1-13-11-22(14-6-7-14)8-9-23(12-13)18-15-4-2-3-5-16(15)20-21-17(18)10-19/h2-5,13-14H,6-9,11-12H2,1H3. The number of fused-ring (bicyclic) bond motifs is 1. The van der Waals surface area contributed by atoms with Crippen molar-refractivity contribution in [3.05, 3.63) is 30.0 Å². The number of hydrogen-bond acceptors (Lipinski definition) is 5. The minimum Gasteiger partial charge on any atom is -0.367 e. The number of benzene rings is 1. The predicted octanol–water partition coefficient (Wildman–Crippen LogP) is 2.42. The Hall–Kier alpha value is -2.19. The highest BCUT2D eigenvalue weighted by atomic mass is 15.3. The van der Waals surface area contributed by atoms with Gasteiger partial charge in [-0.25, -0.2) is 0 Å². The Balaban J connectivity index is 1.74. The van der Waals surface area contributed by atoms with Crippen molar-refractivity contribution in [3.8, 4) is 6.07 Å². The fourth-order valence-electron chi connectivity index (χ4n) is 3.68. The third kappa shape index (κ3) is 2.75. The molecule has 5 nitrogen and oxygen atoms in total. The molecule has 1 aliphatic carbocycles. The summed E-state index contributed by atoms with van der Waals surface area (Å²) in [5.74, 6) is 0.580. The summed E-state index contributed by atoms with van der Waals surface area (Å²) in [7, 11) is 0. The molecule has 5 heteroatoms. The lowest BCUT2D eigenvalue weighted by atomic mass is 10.1. The van der Waals surface area contributed by atoms with Crippen molar-refractivity contribution < 1.29 is 0 Å². The highest BCUT2D eigenvalue weighted by Gasteiger charge is 2.32.